The molecule has 2 N–H and O–H groups in total. The molecule has 1 aliphatic rings. The van der Waals surface area contributed by atoms with Crippen molar-refractivity contribution in [2.24, 2.45) is 23.5 Å². The summed E-state index contributed by atoms with van der Waals surface area (Å²) in [5.41, 5.74) is 6.17. The van der Waals surface area contributed by atoms with Crippen LogP contribution < -0.4 is 5.73 Å². The molecule has 15 heavy (non-hydrogen) atoms. The van der Waals surface area contributed by atoms with Gasteiger partial charge in [0.2, 0.25) is 0 Å². The van der Waals surface area contributed by atoms with Crippen LogP contribution in [0.15, 0.2) is 0 Å². The fourth-order valence-electron chi connectivity index (χ4n) is 2.53. The lowest BCUT2D eigenvalue weighted by Gasteiger charge is -2.42. The number of hydrogen-bond donors (Lipinski definition) is 1. The number of hydrogen-bond acceptors (Lipinski definition) is 2. The first kappa shape index (κ1) is 13.0. The molecule has 1 heterocycles. The second-order valence-electron chi connectivity index (χ2n) is 5.95. The molecule has 1 aliphatic heterocycles. The average Bonchev–Trinajstić information content (AvgIpc) is 2.65. The topological polar surface area (TPSA) is 29.3 Å². The lowest BCUT2D eigenvalue weighted by molar-refractivity contribution is 0.0864. The van der Waals surface area contributed by atoms with Gasteiger partial charge in [0, 0.05) is 18.6 Å². The third-order valence-electron chi connectivity index (χ3n) is 4.55. The van der Waals surface area contributed by atoms with E-state index in [1.54, 1.807) is 0 Å². The second-order valence-corrected chi connectivity index (χ2v) is 5.95. The van der Waals surface area contributed by atoms with E-state index < -0.39 is 0 Å². The molecule has 2 unspecified atom stereocenters. The molecule has 0 aliphatic carbocycles. The average molecular weight is 212 g/mol. The zero-order valence-corrected chi connectivity index (χ0v) is 11.1. The Labute approximate surface area is 95.2 Å². The molecule has 1 saturated heterocycles. The van der Waals surface area contributed by atoms with Crippen molar-refractivity contribution in [3.63, 3.8) is 0 Å². The van der Waals surface area contributed by atoms with E-state index in [-0.39, 0.29) is 5.54 Å². The van der Waals surface area contributed by atoms with Crippen molar-refractivity contribution in [1.82, 2.24) is 4.90 Å². The summed E-state index contributed by atoms with van der Waals surface area (Å²) in [7, 11) is 0. The third kappa shape index (κ3) is 2.54. The largest absolute Gasteiger partial charge is 0.329 e. The van der Waals surface area contributed by atoms with Crippen molar-refractivity contribution < 1.29 is 0 Å². The molecule has 0 radical (unpaired) electrons. The van der Waals surface area contributed by atoms with Gasteiger partial charge >= 0.3 is 0 Å². The Hall–Kier alpha value is -0.0800. The SMILES string of the molecule is CC(C)C1CCN(C(C)(CN)C(C)C)C1. The van der Waals surface area contributed by atoms with E-state index in [0.717, 1.165) is 18.4 Å². The molecule has 2 atom stereocenters. The summed E-state index contributed by atoms with van der Waals surface area (Å²) in [4.78, 5) is 2.61. The maximum absolute atomic E-state index is 5.97. The number of rotatable bonds is 4. The first-order valence-corrected chi connectivity index (χ1v) is 6.37. The Morgan fingerprint density at radius 1 is 1.33 bits per heavy atom. The maximum atomic E-state index is 5.97. The summed E-state index contributed by atoms with van der Waals surface area (Å²) in [6.07, 6.45) is 1.35. The van der Waals surface area contributed by atoms with E-state index in [1.165, 1.54) is 19.5 Å². The molecule has 1 fully saturated rings. The first-order valence-electron chi connectivity index (χ1n) is 6.37. The highest BCUT2D eigenvalue weighted by atomic mass is 15.2. The van der Waals surface area contributed by atoms with Crippen LogP contribution >= 0.6 is 0 Å². The van der Waals surface area contributed by atoms with E-state index in [0.29, 0.717) is 5.92 Å². The summed E-state index contributed by atoms with van der Waals surface area (Å²) >= 11 is 0. The van der Waals surface area contributed by atoms with Crippen molar-refractivity contribution in [2.45, 2.75) is 46.6 Å². The van der Waals surface area contributed by atoms with Crippen LogP contribution in [0.25, 0.3) is 0 Å². The minimum absolute atomic E-state index is 0.198. The van der Waals surface area contributed by atoms with Crippen LogP contribution in [-0.2, 0) is 0 Å². The molecular formula is C13H28N2. The summed E-state index contributed by atoms with van der Waals surface area (Å²) in [5.74, 6) is 2.31. The van der Waals surface area contributed by atoms with E-state index in [4.69, 9.17) is 5.73 Å². The molecule has 0 spiro atoms. The van der Waals surface area contributed by atoms with Crippen molar-refractivity contribution in [3.05, 3.63) is 0 Å². The molecule has 0 aromatic heterocycles. The molecule has 0 aromatic rings. The molecule has 0 aromatic carbocycles. The monoisotopic (exact) mass is 212 g/mol. The van der Waals surface area contributed by atoms with Gasteiger partial charge in [0.05, 0.1) is 0 Å². The van der Waals surface area contributed by atoms with Gasteiger partial charge in [0.1, 0.15) is 0 Å². The molecule has 1 rings (SSSR count). The van der Waals surface area contributed by atoms with E-state index in [2.05, 4.69) is 39.5 Å². The number of nitrogens with zero attached hydrogens (tertiary/aromatic N) is 1. The minimum Gasteiger partial charge on any atom is -0.329 e. The van der Waals surface area contributed by atoms with Gasteiger partial charge in [0.25, 0.3) is 0 Å². The highest BCUT2D eigenvalue weighted by Gasteiger charge is 2.38. The Bertz CT molecular complexity index is 201. The van der Waals surface area contributed by atoms with Gasteiger partial charge in [-0.3, -0.25) is 4.90 Å². The Balaban J connectivity index is 2.65. The molecule has 2 nitrogen and oxygen atoms in total. The zero-order valence-electron chi connectivity index (χ0n) is 11.1. The Morgan fingerprint density at radius 3 is 2.27 bits per heavy atom. The highest BCUT2D eigenvalue weighted by Crippen LogP contribution is 2.32. The fraction of sp³-hybridized carbons (Fsp3) is 1.00. The van der Waals surface area contributed by atoms with Crippen molar-refractivity contribution in [2.75, 3.05) is 19.6 Å². The summed E-state index contributed by atoms with van der Waals surface area (Å²) < 4.78 is 0. The first-order chi connectivity index (χ1) is 6.91. The van der Waals surface area contributed by atoms with Crippen molar-refractivity contribution in [1.29, 1.82) is 0 Å². The van der Waals surface area contributed by atoms with E-state index in [1.807, 2.05) is 0 Å². The van der Waals surface area contributed by atoms with Gasteiger partial charge in [-0.1, -0.05) is 27.7 Å². The van der Waals surface area contributed by atoms with Gasteiger partial charge in [0.15, 0.2) is 0 Å². The predicted octanol–water partition coefficient (Wildman–Crippen LogP) is 2.34. The van der Waals surface area contributed by atoms with Gasteiger partial charge < -0.3 is 5.73 Å². The Kier molecular flexibility index (Phi) is 4.19. The lowest BCUT2D eigenvalue weighted by atomic mass is 9.86. The molecule has 0 bridgehead atoms. The van der Waals surface area contributed by atoms with E-state index >= 15 is 0 Å². The standard InChI is InChI=1S/C13H28N2/c1-10(2)12-6-7-15(8-12)13(5,9-14)11(3)4/h10-12H,6-9,14H2,1-5H3. The quantitative estimate of drug-likeness (QED) is 0.775. The molecule has 90 valence electrons. The van der Waals surface area contributed by atoms with E-state index in [9.17, 15) is 0 Å². The van der Waals surface area contributed by atoms with Gasteiger partial charge in [-0.15, -0.1) is 0 Å². The van der Waals surface area contributed by atoms with Gasteiger partial charge in [-0.25, -0.2) is 0 Å². The highest BCUT2D eigenvalue weighted by molar-refractivity contribution is 4.94. The smallest absolute Gasteiger partial charge is 0.0326 e. The van der Waals surface area contributed by atoms with Crippen LogP contribution in [0.5, 0.6) is 0 Å². The van der Waals surface area contributed by atoms with Crippen LogP contribution in [0.3, 0.4) is 0 Å². The van der Waals surface area contributed by atoms with Gasteiger partial charge in [-0.2, -0.15) is 0 Å². The molecule has 0 amide bonds. The number of nitrogens with two attached hydrogens (primary N) is 1. The summed E-state index contributed by atoms with van der Waals surface area (Å²) in [6, 6.07) is 0. The van der Waals surface area contributed by atoms with Crippen LogP contribution in [-0.4, -0.2) is 30.1 Å². The van der Waals surface area contributed by atoms with Crippen molar-refractivity contribution >= 4 is 0 Å². The number of likely N-dealkylation sites (tertiary alicyclic amines) is 1. The molecule has 2 heteroatoms. The Morgan fingerprint density at radius 2 is 1.93 bits per heavy atom. The zero-order chi connectivity index (χ0) is 11.6. The van der Waals surface area contributed by atoms with Crippen LogP contribution in [0.4, 0.5) is 0 Å². The van der Waals surface area contributed by atoms with Crippen LogP contribution in [0, 0.1) is 17.8 Å². The predicted molar refractivity (Wildman–Crippen MR) is 66.8 cm³/mol. The van der Waals surface area contributed by atoms with Crippen LogP contribution in [0.2, 0.25) is 0 Å². The van der Waals surface area contributed by atoms with Crippen molar-refractivity contribution in [3.8, 4) is 0 Å². The minimum atomic E-state index is 0.198. The fourth-order valence-corrected chi connectivity index (χ4v) is 2.53. The normalized spacial score (nSPS) is 27.6. The third-order valence-corrected chi connectivity index (χ3v) is 4.55. The second kappa shape index (κ2) is 4.84. The summed E-state index contributed by atoms with van der Waals surface area (Å²) in [5, 5.41) is 0. The maximum Gasteiger partial charge on any atom is 0.0326 e. The summed E-state index contributed by atoms with van der Waals surface area (Å²) in [6.45, 7) is 14.8. The van der Waals surface area contributed by atoms with Gasteiger partial charge in [-0.05, 0) is 37.6 Å². The lowest BCUT2D eigenvalue weighted by Crippen LogP contribution is -2.54. The van der Waals surface area contributed by atoms with Crippen LogP contribution in [0.1, 0.15) is 41.0 Å². The molecule has 0 saturated carbocycles. The molecular weight excluding hydrogens is 184 g/mol.